The minimum Gasteiger partial charge on any atom is -0.493 e. The lowest BCUT2D eigenvalue weighted by Gasteiger charge is -2.15. The van der Waals surface area contributed by atoms with E-state index in [4.69, 9.17) is 14.2 Å². The lowest BCUT2D eigenvalue weighted by Crippen LogP contribution is -2.12. The van der Waals surface area contributed by atoms with E-state index in [-0.39, 0.29) is 0 Å². The molecule has 19 heavy (non-hydrogen) atoms. The second-order valence-corrected chi connectivity index (χ2v) is 4.29. The molecule has 0 aliphatic rings. The van der Waals surface area contributed by atoms with E-state index in [1.807, 2.05) is 25.2 Å². The van der Waals surface area contributed by atoms with Gasteiger partial charge < -0.3 is 19.5 Å². The van der Waals surface area contributed by atoms with Crippen molar-refractivity contribution in [2.24, 2.45) is 0 Å². The third kappa shape index (κ3) is 5.49. The normalized spacial score (nSPS) is 10.5. The Bertz CT molecular complexity index is 355. The van der Waals surface area contributed by atoms with Gasteiger partial charge in [-0.05, 0) is 19.5 Å². The van der Waals surface area contributed by atoms with Crippen molar-refractivity contribution in [3.63, 3.8) is 0 Å². The Balaban J connectivity index is 2.50. The third-order valence-electron chi connectivity index (χ3n) is 2.76. The van der Waals surface area contributed by atoms with E-state index in [1.165, 1.54) is 0 Å². The van der Waals surface area contributed by atoms with Crippen LogP contribution in [0.1, 0.15) is 25.3 Å². The zero-order valence-corrected chi connectivity index (χ0v) is 12.2. The van der Waals surface area contributed by atoms with Gasteiger partial charge in [0.15, 0.2) is 11.5 Å². The van der Waals surface area contributed by atoms with Crippen molar-refractivity contribution in [2.75, 3.05) is 34.0 Å². The lowest BCUT2D eigenvalue weighted by atomic mass is 10.2. The average molecular weight is 267 g/mol. The van der Waals surface area contributed by atoms with Crippen molar-refractivity contribution >= 4 is 0 Å². The highest BCUT2D eigenvalue weighted by Crippen LogP contribution is 2.30. The van der Waals surface area contributed by atoms with Gasteiger partial charge in [0.2, 0.25) is 0 Å². The number of hydrogen-bond donors (Lipinski definition) is 1. The van der Waals surface area contributed by atoms with Crippen LogP contribution < -0.4 is 14.8 Å². The first kappa shape index (κ1) is 15.8. The van der Waals surface area contributed by atoms with Crippen molar-refractivity contribution < 1.29 is 14.2 Å². The number of methoxy groups -OCH3 is 1. The van der Waals surface area contributed by atoms with E-state index in [2.05, 4.69) is 12.2 Å². The Morgan fingerprint density at radius 2 is 2.00 bits per heavy atom. The van der Waals surface area contributed by atoms with Crippen LogP contribution >= 0.6 is 0 Å². The van der Waals surface area contributed by atoms with Crippen molar-refractivity contribution in [1.82, 2.24) is 5.32 Å². The minimum absolute atomic E-state index is 0.542. The maximum absolute atomic E-state index is 5.80. The topological polar surface area (TPSA) is 39.7 Å². The molecule has 1 N–H and O–H groups in total. The van der Waals surface area contributed by atoms with Gasteiger partial charge in [-0.3, -0.25) is 0 Å². The van der Waals surface area contributed by atoms with Crippen molar-refractivity contribution in [3.05, 3.63) is 23.8 Å². The summed E-state index contributed by atoms with van der Waals surface area (Å²) in [4.78, 5) is 0. The number of hydrogen-bond acceptors (Lipinski definition) is 4. The molecule has 0 bridgehead atoms. The van der Waals surface area contributed by atoms with Crippen molar-refractivity contribution in [3.8, 4) is 11.5 Å². The summed E-state index contributed by atoms with van der Waals surface area (Å²) in [5.41, 5.74) is 1.09. The Morgan fingerprint density at radius 1 is 1.16 bits per heavy atom. The summed E-state index contributed by atoms with van der Waals surface area (Å²) in [5.74, 6) is 1.57. The summed E-state index contributed by atoms with van der Waals surface area (Å²) >= 11 is 0. The van der Waals surface area contributed by atoms with Crippen molar-refractivity contribution in [2.45, 2.75) is 26.3 Å². The van der Waals surface area contributed by atoms with Crippen LogP contribution in [-0.2, 0) is 11.3 Å². The first-order valence-electron chi connectivity index (χ1n) is 6.84. The van der Waals surface area contributed by atoms with Crippen LogP contribution in [0.25, 0.3) is 0 Å². The summed E-state index contributed by atoms with van der Waals surface area (Å²) in [6, 6.07) is 5.91. The van der Waals surface area contributed by atoms with E-state index < -0.39 is 0 Å². The number of rotatable bonds is 10. The molecule has 0 unspecified atom stereocenters. The zero-order chi connectivity index (χ0) is 13.9. The lowest BCUT2D eigenvalue weighted by molar-refractivity contribution is 0.0966. The first-order valence-corrected chi connectivity index (χ1v) is 6.84. The zero-order valence-electron chi connectivity index (χ0n) is 12.2. The predicted molar refractivity (Wildman–Crippen MR) is 77.0 cm³/mol. The monoisotopic (exact) mass is 267 g/mol. The largest absolute Gasteiger partial charge is 0.493 e. The number of nitrogens with one attached hydrogen (secondary N) is 1. The third-order valence-corrected chi connectivity index (χ3v) is 2.76. The highest BCUT2D eigenvalue weighted by molar-refractivity contribution is 5.46. The fourth-order valence-electron chi connectivity index (χ4n) is 1.77. The summed E-state index contributed by atoms with van der Waals surface area (Å²) in [6.07, 6.45) is 2.25. The molecule has 1 aromatic carbocycles. The van der Waals surface area contributed by atoms with Crippen LogP contribution in [0.3, 0.4) is 0 Å². The molecule has 0 aliphatic heterocycles. The van der Waals surface area contributed by atoms with Crippen LogP contribution in [0.2, 0.25) is 0 Å². The van der Waals surface area contributed by atoms with Gasteiger partial charge >= 0.3 is 0 Å². The van der Waals surface area contributed by atoms with Gasteiger partial charge in [0.25, 0.3) is 0 Å². The Hall–Kier alpha value is -1.26. The van der Waals surface area contributed by atoms with Gasteiger partial charge in [0.05, 0.1) is 13.7 Å². The van der Waals surface area contributed by atoms with Crippen LogP contribution in [0.4, 0.5) is 0 Å². The molecule has 0 fully saturated rings. The molecule has 0 aromatic heterocycles. The van der Waals surface area contributed by atoms with Gasteiger partial charge in [0, 0.05) is 18.7 Å². The molecule has 0 heterocycles. The Kier molecular flexibility index (Phi) is 8.02. The molecule has 4 heteroatoms. The van der Waals surface area contributed by atoms with Gasteiger partial charge in [0.1, 0.15) is 6.61 Å². The number of ether oxygens (including phenoxy) is 3. The van der Waals surface area contributed by atoms with E-state index >= 15 is 0 Å². The molecule has 0 spiro atoms. The molecule has 0 aliphatic carbocycles. The molecule has 0 radical (unpaired) electrons. The number of unbranched alkanes of at least 4 members (excludes halogenated alkanes) is 1. The minimum atomic E-state index is 0.542. The molecule has 0 amide bonds. The van der Waals surface area contributed by atoms with E-state index in [9.17, 15) is 0 Å². The van der Waals surface area contributed by atoms with Crippen LogP contribution in [0, 0.1) is 0 Å². The fraction of sp³-hybridized carbons (Fsp3) is 0.600. The Morgan fingerprint density at radius 3 is 2.68 bits per heavy atom. The van der Waals surface area contributed by atoms with Crippen molar-refractivity contribution in [1.29, 1.82) is 0 Å². The Labute approximate surface area is 116 Å². The standard InChI is InChI=1S/C15H25NO3/c1-4-5-9-18-10-11-19-15-13(12-16-2)7-6-8-14(15)17-3/h6-8,16H,4-5,9-12H2,1-3H3. The van der Waals surface area contributed by atoms with Crippen LogP contribution in [0.15, 0.2) is 18.2 Å². The highest BCUT2D eigenvalue weighted by atomic mass is 16.5. The maximum Gasteiger partial charge on any atom is 0.165 e. The molecule has 0 saturated heterocycles. The average Bonchev–Trinajstić information content (AvgIpc) is 2.44. The first-order chi connectivity index (χ1) is 9.33. The molecular weight excluding hydrogens is 242 g/mol. The number of benzene rings is 1. The van der Waals surface area contributed by atoms with E-state index in [0.717, 1.165) is 43.1 Å². The fourth-order valence-corrected chi connectivity index (χ4v) is 1.77. The molecular formula is C15H25NO3. The number of para-hydroxylation sites is 1. The molecule has 4 nitrogen and oxygen atoms in total. The van der Waals surface area contributed by atoms with Gasteiger partial charge in [-0.1, -0.05) is 25.5 Å². The highest BCUT2D eigenvalue weighted by Gasteiger charge is 2.09. The van der Waals surface area contributed by atoms with Gasteiger partial charge in [-0.25, -0.2) is 0 Å². The van der Waals surface area contributed by atoms with Crippen LogP contribution in [0.5, 0.6) is 11.5 Å². The molecule has 1 rings (SSSR count). The van der Waals surface area contributed by atoms with Crippen LogP contribution in [-0.4, -0.2) is 34.0 Å². The molecule has 0 saturated carbocycles. The second-order valence-electron chi connectivity index (χ2n) is 4.29. The summed E-state index contributed by atoms with van der Waals surface area (Å²) in [6.45, 7) is 4.86. The maximum atomic E-state index is 5.80. The molecule has 0 atom stereocenters. The van der Waals surface area contributed by atoms with Gasteiger partial charge in [-0.2, -0.15) is 0 Å². The smallest absolute Gasteiger partial charge is 0.165 e. The second kappa shape index (κ2) is 9.64. The van der Waals surface area contributed by atoms with Gasteiger partial charge in [-0.15, -0.1) is 0 Å². The SMILES string of the molecule is CCCCOCCOc1c(CNC)cccc1OC. The summed E-state index contributed by atoms with van der Waals surface area (Å²) < 4.78 is 16.6. The predicted octanol–water partition coefficient (Wildman–Crippen LogP) is 2.61. The van der Waals surface area contributed by atoms with E-state index in [0.29, 0.717) is 13.2 Å². The molecule has 108 valence electrons. The molecule has 1 aromatic rings. The summed E-state index contributed by atoms with van der Waals surface area (Å²) in [7, 11) is 3.57. The van der Waals surface area contributed by atoms with E-state index in [1.54, 1.807) is 7.11 Å². The summed E-state index contributed by atoms with van der Waals surface area (Å²) in [5, 5.41) is 3.13. The quantitative estimate of drug-likeness (QED) is 0.661.